The van der Waals surface area contributed by atoms with Gasteiger partial charge in [0, 0.05) is 43.4 Å². The van der Waals surface area contributed by atoms with Crippen molar-refractivity contribution in [2.24, 2.45) is 0 Å². The Balaban J connectivity index is 1.71. The number of aryl methyl sites for hydroxylation is 1. The van der Waals surface area contributed by atoms with Crippen LogP contribution in [0.5, 0.6) is 0 Å². The van der Waals surface area contributed by atoms with Gasteiger partial charge in [0.15, 0.2) is 0 Å². The van der Waals surface area contributed by atoms with Crippen molar-refractivity contribution in [3.63, 3.8) is 0 Å². The Morgan fingerprint density at radius 2 is 1.61 bits per heavy atom. The summed E-state index contributed by atoms with van der Waals surface area (Å²) >= 11 is 0. The lowest BCUT2D eigenvalue weighted by molar-refractivity contribution is -0.385. The number of halogens is 3. The number of alkyl halides is 3. The summed E-state index contributed by atoms with van der Waals surface area (Å²) in [7, 11) is -4.02. The van der Waals surface area contributed by atoms with E-state index in [1.165, 1.54) is 23.1 Å². The first-order valence-corrected chi connectivity index (χ1v) is 10.6. The van der Waals surface area contributed by atoms with E-state index in [0.717, 1.165) is 16.4 Å². The number of amides is 1. The predicted molar refractivity (Wildman–Crippen MR) is 104 cm³/mol. The van der Waals surface area contributed by atoms with E-state index in [1.54, 1.807) is 6.92 Å². The average molecular weight is 457 g/mol. The second-order valence-electron chi connectivity index (χ2n) is 6.98. The van der Waals surface area contributed by atoms with Crippen LogP contribution in [0.3, 0.4) is 0 Å². The molecule has 2 aromatic carbocycles. The lowest BCUT2D eigenvalue weighted by Crippen LogP contribution is -2.50. The molecule has 8 nitrogen and oxygen atoms in total. The summed E-state index contributed by atoms with van der Waals surface area (Å²) in [6.07, 6.45) is -4.57. The maximum atomic E-state index is 12.7. The van der Waals surface area contributed by atoms with Crippen molar-refractivity contribution in [1.82, 2.24) is 9.21 Å². The normalized spacial score (nSPS) is 15.7. The molecular formula is C19H18F3N3O5S. The van der Waals surface area contributed by atoms with Gasteiger partial charge in [-0.2, -0.15) is 17.5 Å². The minimum atomic E-state index is -4.57. The molecule has 1 heterocycles. The molecule has 0 N–H and O–H groups in total. The zero-order chi connectivity index (χ0) is 23.0. The first kappa shape index (κ1) is 22.7. The predicted octanol–water partition coefficient (Wildman–Crippen LogP) is 3.07. The van der Waals surface area contributed by atoms with Gasteiger partial charge in [0.25, 0.3) is 11.6 Å². The van der Waals surface area contributed by atoms with Crippen LogP contribution in [0, 0.1) is 17.0 Å². The Morgan fingerprint density at radius 3 is 2.13 bits per heavy atom. The van der Waals surface area contributed by atoms with E-state index in [-0.39, 0.29) is 42.3 Å². The molecule has 31 heavy (non-hydrogen) atoms. The fourth-order valence-corrected chi connectivity index (χ4v) is 4.64. The Labute approximate surface area is 176 Å². The number of nitro groups is 1. The highest BCUT2D eigenvalue weighted by atomic mass is 32.2. The van der Waals surface area contributed by atoms with Gasteiger partial charge in [-0.3, -0.25) is 14.9 Å². The van der Waals surface area contributed by atoms with Crippen molar-refractivity contribution in [1.29, 1.82) is 0 Å². The molecule has 0 aliphatic carbocycles. The number of carbonyl (C=O) groups is 1. The highest BCUT2D eigenvalue weighted by Crippen LogP contribution is 2.30. The van der Waals surface area contributed by atoms with Crippen LogP contribution >= 0.6 is 0 Å². The quantitative estimate of drug-likeness (QED) is 0.519. The molecule has 1 fully saturated rings. The minimum Gasteiger partial charge on any atom is -0.336 e. The molecule has 0 atom stereocenters. The molecule has 12 heteroatoms. The molecular weight excluding hydrogens is 439 g/mol. The van der Waals surface area contributed by atoms with Crippen LogP contribution in [-0.4, -0.2) is 54.6 Å². The molecule has 1 amide bonds. The summed E-state index contributed by atoms with van der Waals surface area (Å²) < 4.78 is 64.6. The van der Waals surface area contributed by atoms with Crippen molar-refractivity contribution in [2.75, 3.05) is 26.2 Å². The van der Waals surface area contributed by atoms with E-state index in [9.17, 15) is 36.5 Å². The van der Waals surface area contributed by atoms with Crippen LogP contribution < -0.4 is 0 Å². The molecule has 1 saturated heterocycles. The number of hydrogen-bond donors (Lipinski definition) is 0. The number of benzene rings is 2. The summed E-state index contributed by atoms with van der Waals surface area (Å²) in [6.45, 7) is 1.53. The number of piperazine rings is 1. The molecule has 0 spiro atoms. The van der Waals surface area contributed by atoms with Gasteiger partial charge >= 0.3 is 6.18 Å². The summed E-state index contributed by atoms with van der Waals surface area (Å²) in [5.41, 5.74) is -0.603. The first-order chi connectivity index (χ1) is 14.4. The molecule has 0 saturated carbocycles. The van der Waals surface area contributed by atoms with Crippen molar-refractivity contribution in [3.8, 4) is 0 Å². The van der Waals surface area contributed by atoms with Gasteiger partial charge in [-0.1, -0.05) is 6.07 Å². The van der Waals surface area contributed by atoms with E-state index < -0.39 is 32.6 Å². The molecule has 3 rings (SSSR count). The fraction of sp³-hybridized carbons (Fsp3) is 0.316. The molecule has 0 radical (unpaired) electrons. The lowest BCUT2D eigenvalue weighted by atomic mass is 10.1. The van der Waals surface area contributed by atoms with E-state index in [2.05, 4.69) is 0 Å². The summed E-state index contributed by atoms with van der Waals surface area (Å²) in [6, 6.07) is 7.34. The standard InChI is InChI=1S/C19H18F3N3O5S/c1-13-2-3-14(12-17(13)25(27)28)18(26)23-8-10-24(11-9-23)31(29,30)16-6-4-15(5-7-16)19(20,21)22/h2-7,12H,8-11H2,1H3. The van der Waals surface area contributed by atoms with Gasteiger partial charge in [-0.15, -0.1) is 0 Å². The van der Waals surface area contributed by atoms with Gasteiger partial charge in [0.2, 0.25) is 10.0 Å². The van der Waals surface area contributed by atoms with Crippen LogP contribution in [-0.2, 0) is 16.2 Å². The van der Waals surface area contributed by atoms with Crippen molar-refractivity contribution >= 4 is 21.6 Å². The molecule has 0 aromatic heterocycles. The molecule has 0 unspecified atom stereocenters. The highest BCUT2D eigenvalue weighted by molar-refractivity contribution is 7.89. The highest BCUT2D eigenvalue weighted by Gasteiger charge is 2.33. The van der Waals surface area contributed by atoms with Crippen molar-refractivity contribution in [2.45, 2.75) is 18.0 Å². The van der Waals surface area contributed by atoms with E-state index >= 15 is 0 Å². The largest absolute Gasteiger partial charge is 0.416 e. The van der Waals surface area contributed by atoms with Gasteiger partial charge in [0.05, 0.1) is 15.4 Å². The van der Waals surface area contributed by atoms with Gasteiger partial charge in [-0.25, -0.2) is 8.42 Å². The van der Waals surface area contributed by atoms with E-state index in [0.29, 0.717) is 17.7 Å². The Morgan fingerprint density at radius 1 is 1.03 bits per heavy atom. The number of carbonyl (C=O) groups excluding carboxylic acids is 1. The summed E-state index contributed by atoms with van der Waals surface area (Å²) in [5, 5.41) is 11.1. The molecule has 1 aliphatic heterocycles. The van der Waals surface area contributed by atoms with Crippen molar-refractivity contribution in [3.05, 3.63) is 69.3 Å². The fourth-order valence-electron chi connectivity index (χ4n) is 3.22. The topological polar surface area (TPSA) is 101 Å². The Bertz CT molecular complexity index is 1110. The van der Waals surface area contributed by atoms with Crippen LogP contribution in [0.2, 0.25) is 0 Å². The third kappa shape index (κ3) is 4.69. The number of nitro benzene ring substituents is 1. The maximum Gasteiger partial charge on any atom is 0.416 e. The Kier molecular flexibility index (Phi) is 6.05. The van der Waals surface area contributed by atoms with Gasteiger partial charge in [0.1, 0.15) is 0 Å². The van der Waals surface area contributed by atoms with Crippen molar-refractivity contribution < 1.29 is 31.3 Å². The van der Waals surface area contributed by atoms with Crippen LogP contribution in [0.1, 0.15) is 21.5 Å². The number of nitrogens with zero attached hydrogens (tertiary/aromatic N) is 3. The van der Waals surface area contributed by atoms with Gasteiger partial charge in [-0.05, 0) is 37.3 Å². The Hall–Kier alpha value is -2.99. The third-order valence-corrected chi connectivity index (χ3v) is 6.91. The number of rotatable bonds is 4. The van der Waals surface area contributed by atoms with Crippen LogP contribution in [0.25, 0.3) is 0 Å². The second kappa shape index (κ2) is 8.27. The zero-order valence-corrected chi connectivity index (χ0v) is 17.1. The third-order valence-electron chi connectivity index (χ3n) is 5.00. The van der Waals surface area contributed by atoms with Gasteiger partial charge < -0.3 is 4.90 Å². The first-order valence-electron chi connectivity index (χ1n) is 9.13. The molecule has 2 aromatic rings. The zero-order valence-electron chi connectivity index (χ0n) is 16.3. The smallest absolute Gasteiger partial charge is 0.336 e. The second-order valence-corrected chi connectivity index (χ2v) is 8.91. The average Bonchev–Trinajstić information content (AvgIpc) is 2.73. The maximum absolute atomic E-state index is 12.7. The monoisotopic (exact) mass is 457 g/mol. The van der Waals surface area contributed by atoms with E-state index in [1.807, 2.05) is 0 Å². The van der Waals surface area contributed by atoms with Crippen LogP contribution in [0.4, 0.5) is 18.9 Å². The lowest BCUT2D eigenvalue weighted by Gasteiger charge is -2.34. The molecule has 166 valence electrons. The number of sulfonamides is 1. The summed E-state index contributed by atoms with van der Waals surface area (Å²) in [5.74, 6) is -0.463. The number of hydrogen-bond acceptors (Lipinski definition) is 5. The minimum absolute atomic E-state index is 0.0420. The molecule has 1 aliphatic rings. The SMILES string of the molecule is Cc1ccc(C(=O)N2CCN(S(=O)(=O)c3ccc(C(F)(F)F)cc3)CC2)cc1[N+](=O)[O-]. The van der Waals surface area contributed by atoms with E-state index in [4.69, 9.17) is 0 Å². The van der Waals surface area contributed by atoms with Crippen LogP contribution in [0.15, 0.2) is 47.4 Å². The molecule has 0 bridgehead atoms. The summed E-state index contributed by atoms with van der Waals surface area (Å²) in [4.78, 5) is 24.3.